The van der Waals surface area contributed by atoms with Gasteiger partial charge in [-0.05, 0) is 26.4 Å². The topological polar surface area (TPSA) is 44.8 Å². The lowest BCUT2D eigenvalue weighted by molar-refractivity contribution is -0.136. The number of nitrogens with zero attached hydrogens (tertiary/aromatic N) is 2. The van der Waals surface area contributed by atoms with Crippen LogP contribution in [0.3, 0.4) is 0 Å². The SMILES string of the molecule is CN(CC(=O)N1CCOCC1)C1CCCNC1. The molecule has 0 spiro atoms. The highest BCUT2D eigenvalue weighted by Gasteiger charge is 2.23. The molecule has 1 atom stereocenters. The minimum Gasteiger partial charge on any atom is -0.378 e. The van der Waals surface area contributed by atoms with Gasteiger partial charge < -0.3 is 15.0 Å². The van der Waals surface area contributed by atoms with E-state index >= 15 is 0 Å². The highest BCUT2D eigenvalue weighted by atomic mass is 16.5. The molecule has 0 aromatic heterocycles. The number of amides is 1. The molecule has 0 aliphatic carbocycles. The molecule has 0 saturated carbocycles. The normalized spacial score (nSPS) is 26.2. The maximum atomic E-state index is 12.1. The van der Waals surface area contributed by atoms with Gasteiger partial charge >= 0.3 is 0 Å². The summed E-state index contributed by atoms with van der Waals surface area (Å²) in [4.78, 5) is 16.2. The Balaban J connectivity index is 1.76. The van der Waals surface area contributed by atoms with Crippen molar-refractivity contribution in [2.75, 3.05) is 53.0 Å². The highest BCUT2D eigenvalue weighted by molar-refractivity contribution is 5.78. The van der Waals surface area contributed by atoms with Gasteiger partial charge in [0.25, 0.3) is 0 Å². The fourth-order valence-corrected chi connectivity index (χ4v) is 2.46. The molecule has 2 saturated heterocycles. The van der Waals surface area contributed by atoms with Gasteiger partial charge in [-0.1, -0.05) is 0 Å². The van der Waals surface area contributed by atoms with Crippen LogP contribution in [0.4, 0.5) is 0 Å². The molecule has 2 aliphatic rings. The van der Waals surface area contributed by atoms with Crippen molar-refractivity contribution in [2.24, 2.45) is 0 Å². The van der Waals surface area contributed by atoms with Crippen molar-refractivity contribution in [3.8, 4) is 0 Å². The second kappa shape index (κ2) is 6.33. The molecule has 0 bridgehead atoms. The molecule has 2 heterocycles. The zero-order valence-electron chi connectivity index (χ0n) is 10.7. The number of carbonyl (C=O) groups excluding carboxylic acids is 1. The van der Waals surface area contributed by atoms with Gasteiger partial charge in [0.1, 0.15) is 0 Å². The highest BCUT2D eigenvalue weighted by Crippen LogP contribution is 2.09. The molecule has 17 heavy (non-hydrogen) atoms. The van der Waals surface area contributed by atoms with Crippen molar-refractivity contribution in [1.82, 2.24) is 15.1 Å². The van der Waals surface area contributed by atoms with Crippen LogP contribution in [0.1, 0.15) is 12.8 Å². The first-order valence-corrected chi connectivity index (χ1v) is 6.54. The van der Waals surface area contributed by atoms with E-state index in [0.29, 0.717) is 25.8 Å². The molecule has 0 radical (unpaired) electrons. The lowest BCUT2D eigenvalue weighted by Gasteiger charge is -2.34. The minimum absolute atomic E-state index is 0.237. The largest absolute Gasteiger partial charge is 0.378 e. The molecule has 1 N–H and O–H groups in total. The van der Waals surface area contributed by atoms with Crippen LogP contribution in [0.15, 0.2) is 0 Å². The Kier molecular flexibility index (Phi) is 4.76. The van der Waals surface area contributed by atoms with Crippen LogP contribution < -0.4 is 5.32 Å². The van der Waals surface area contributed by atoms with Crippen molar-refractivity contribution < 1.29 is 9.53 Å². The van der Waals surface area contributed by atoms with E-state index in [1.54, 1.807) is 0 Å². The van der Waals surface area contributed by atoms with Gasteiger partial charge in [-0.3, -0.25) is 9.69 Å². The van der Waals surface area contributed by atoms with E-state index in [1.807, 2.05) is 4.90 Å². The quantitative estimate of drug-likeness (QED) is 0.725. The zero-order valence-corrected chi connectivity index (χ0v) is 10.7. The molecule has 98 valence electrons. The first-order chi connectivity index (χ1) is 8.27. The predicted molar refractivity (Wildman–Crippen MR) is 65.9 cm³/mol. The molecule has 0 aromatic rings. The number of hydrogen-bond donors (Lipinski definition) is 1. The molecular weight excluding hydrogens is 218 g/mol. The van der Waals surface area contributed by atoms with Crippen molar-refractivity contribution in [3.05, 3.63) is 0 Å². The van der Waals surface area contributed by atoms with E-state index in [1.165, 1.54) is 12.8 Å². The van der Waals surface area contributed by atoms with Gasteiger partial charge in [-0.2, -0.15) is 0 Å². The third kappa shape index (κ3) is 3.66. The number of hydrogen-bond acceptors (Lipinski definition) is 4. The summed E-state index contributed by atoms with van der Waals surface area (Å²) in [6.45, 7) is 5.51. The fraction of sp³-hybridized carbons (Fsp3) is 0.917. The Morgan fingerprint density at radius 2 is 2.24 bits per heavy atom. The van der Waals surface area contributed by atoms with E-state index in [9.17, 15) is 4.79 Å². The smallest absolute Gasteiger partial charge is 0.236 e. The van der Waals surface area contributed by atoms with Gasteiger partial charge in [-0.25, -0.2) is 0 Å². The Morgan fingerprint density at radius 3 is 2.88 bits per heavy atom. The average molecular weight is 241 g/mol. The summed E-state index contributed by atoms with van der Waals surface area (Å²) in [5.41, 5.74) is 0. The molecule has 0 aromatic carbocycles. The average Bonchev–Trinajstić information content (AvgIpc) is 2.40. The van der Waals surface area contributed by atoms with Gasteiger partial charge in [0.2, 0.25) is 5.91 Å². The number of likely N-dealkylation sites (N-methyl/N-ethyl adjacent to an activating group) is 1. The van der Waals surface area contributed by atoms with E-state index in [4.69, 9.17) is 4.74 Å². The van der Waals surface area contributed by atoms with Gasteiger partial charge in [-0.15, -0.1) is 0 Å². The van der Waals surface area contributed by atoms with E-state index in [0.717, 1.165) is 26.2 Å². The van der Waals surface area contributed by atoms with Crippen molar-refractivity contribution in [1.29, 1.82) is 0 Å². The van der Waals surface area contributed by atoms with E-state index < -0.39 is 0 Å². The second-order valence-electron chi connectivity index (χ2n) is 4.91. The van der Waals surface area contributed by atoms with E-state index in [-0.39, 0.29) is 5.91 Å². The summed E-state index contributed by atoms with van der Waals surface area (Å²) in [6, 6.07) is 0.508. The maximum Gasteiger partial charge on any atom is 0.236 e. The van der Waals surface area contributed by atoms with Crippen molar-refractivity contribution in [3.63, 3.8) is 0 Å². The van der Waals surface area contributed by atoms with Crippen LogP contribution in [-0.2, 0) is 9.53 Å². The molecule has 5 heteroatoms. The Labute approximate surface area is 103 Å². The first kappa shape index (κ1) is 12.8. The molecule has 1 unspecified atom stereocenters. The summed E-state index contributed by atoms with van der Waals surface area (Å²) < 4.78 is 5.25. The Bertz CT molecular complexity index is 248. The Morgan fingerprint density at radius 1 is 1.47 bits per heavy atom. The predicted octanol–water partition coefficient (Wildman–Crippen LogP) is -0.471. The lowest BCUT2D eigenvalue weighted by Crippen LogP contribution is -2.50. The van der Waals surface area contributed by atoms with Gasteiger partial charge in [0.05, 0.1) is 19.8 Å². The minimum atomic E-state index is 0.237. The number of rotatable bonds is 3. The third-order valence-corrected chi connectivity index (χ3v) is 3.64. The van der Waals surface area contributed by atoms with E-state index in [2.05, 4.69) is 17.3 Å². The molecule has 2 aliphatic heterocycles. The fourth-order valence-electron chi connectivity index (χ4n) is 2.46. The summed E-state index contributed by atoms with van der Waals surface area (Å²) >= 11 is 0. The van der Waals surface area contributed by atoms with Gasteiger partial charge in [0.15, 0.2) is 0 Å². The number of carbonyl (C=O) groups is 1. The summed E-state index contributed by atoms with van der Waals surface area (Å²) in [5, 5.41) is 3.38. The standard InChI is InChI=1S/C12H23N3O2/c1-14(11-3-2-4-13-9-11)10-12(16)15-5-7-17-8-6-15/h11,13H,2-10H2,1H3. The van der Waals surface area contributed by atoms with Gasteiger partial charge in [0, 0.05) is 25.7 Å². The molecule has 5 nitrogen and oxygen atoms in total. The summed E-state index contributed by atoms with van der Waals surface area (Å²) in [5.74, 6) is 0.237. The van der Waals surface area contributed by atoms with Crippen LogP contribution in [0.2, 0.25) is 0 Å². The molecule has 2 rings (SSSR count). The number of piperidine rings is 1. The Hall–Kier alpha value is -0.650. The number of morpholine rings is 1. The molecule has 2 fully saturated rings. The van der Waals surface area contributed by atoms with Crippen LogP contribution in [0, 0.1) is 0 Å². The van der Waals surface area contributed by atoms with Crippen LogP contribution >= 0.6 is 0 Å². The monoisotopic (exact) mass is 241 g/mol. The third-order valence-electron chi connectivity index (χ3n) is 3.64. The first-order valence-electron chi connectivity index (χ1n) is 6.54. The maximum absolute atomic E-state index is 12.1. The van der Waals surface area contributed by atoms with Crippen molar-refractivity contribution >= 4 is 5.91 Å². The van der Waals surface area contributed by atoms with Crippen LogP contribution in [0.25, 0.3) is 0 Å². The van der Waals surface area contributed by atoms with Crippen molar-refractivity contribution in [2.45, 2.75) is 18.9 Å². The number of ether oxygens (including phenoxy) is 1. The van der Waals surface area contributed by atoms with Crippen LogP contribution in [-0.4, -0.2) is 74.7 Å². The second-order valence-corrected chi connectivity index (χ2v) is 4.91. The lowest BCUT2D eigenvalue weighted by atomic mass is 10.1. The molecular formula is C12H23N3O2. The molecule has 1 amide bonds. The summed E-state index contributed by atoms with van der Waals surface area (Å²) in [7, 11) is 2.05. The zero-order chi connectivity index (χ0) is 12.1. The summed E-state index contributed by atoms with van der Waals surface area (Å²) in [6.07, 6.45) is 2.40. The number of nitrogens with one attached hydrogen (secondary N) is 1. The van der Waals surface area contributed by atoms with Crippen LogP contribution in [0.5, 0.6) is 0 Å².